The molecule has 0 rings (SSSR count). The van der Waals surface area contributed by atoms with Crippen LogP contribution in [0.3, 0.4) is 0 Å². The number of carboxylic acids is 1. The Kier molecular flexibility index (Phi) is 18.0. The van der Waals surface area contributed by atoms with Gasteiger partial charge in [0.1, 0.15) is 6.10 Å². The summed E-state index contributed by atoms with van der Waals surface area (Å²) in [6.45, 7) is 3.60. The lowest BCUT2D eigenvalue weighted by Crippen LogP contribution is -2.20. The molecule has 0 saturated heterocycles. The van der Waals surface area contributed by atoms with Gasteiger partial charge in [-0.2, -0.15) is 0 Å². The van der Waals surface area contributed by atoms with E-state index in [0.717, 1.165) is 12.8 Å². The number of hydrogen-bond donors (Lipinski definition) is 1. The van der Waals surface area contributed by atoms with Crippen LogP contribution in [0.2, 0.25) is 0 Å². The quantitative estimate of drug-likeness (QED) is 0.204. The van der Waals surface area contributed by atoms with Crippen LogP contribution < -0.4 is 0 Å². The molecule has 0 radical (unpaired) electrons. The highest BCUT2D eigenvalue weighted by Gasteiger charge is 2.15. The summed E-state index contributed by atoms with van der Waals surface area (Å²) in [5.41, 5.74) is 0. The van der Waals surface area contributed by atoms with Crippen LogP contribution >= 0.6 is 0 Å². The highest BCUT2D eigenvalue weighted by atomic mass is 16.5. The van der Waals surface area contributed by atoms with Crippen molar-refractivity contribution < 1.29 is 19.4 Å². The molecule has 0 unspecified atom stereocenters. The maximum atomic E-state index is 11.0. The minimum Gasteiger partial charge on any atom is -0.481 e. The van der Waals surface area contributed by atoms with Gasteiger partial charge in [-0.3, -0.25) is 9.59 Å². The Morgan fingerprint density at radius 1 is 0.731 bits per heavy atom. The Morgan fingerprint density at radius 3 is 1.46 bits per heavy atom. The molecule has 0 aromatic carbocycles. The van der Waals surface area contributed by atoms with Crippen LogP contribution in [0.4, 0.5) is 0 Å². The summed E-state index contributed by atoms with van der Waals surface area (Å²) in [7, 11) is 0. The van der Waals surface area contributed by atoms with Gasteiger partial charge in [-0.1, -0.05) is 96.8 Å². The van der Waals surface area contributed by atoms with Gasteiger partial charge in [0.05, 0.1) is 6.42 Å². The third-order valence-corrected chi connectivity index (χ3v) is 4.86. The van der Waals surface area contributed by atoms with Crippen molar-refractivity contribution in [2.75, 3.05) is 0 Å². The number of unbranched alkanes of at least 4 members (excludes halogenated alkanes) is 14. The monoisotopic (exact) mass is 370 g/mol. The number of aliphatic carboxylic acids is 1. The van der Waals surface area contributed by atoms with Crippen LogP contribution in [0.25, 0.3) is 0 Å². The van der Waals surface area contributed by atoms with Crippen LogP contribution in [-0.4, -0.2) is 23.1 Å². The van der Waals surface area contributed by atoms with Gasteiger partial charge in [0, 0.05) is 6.92 Å². The second kappa shape index (κ2) is 18.7. The van der Waals surface area contributed by atoms with Gasteiger partial charge in [0.2, 0.25) is 0 Å². The fraction of sp³-hybridized carbons (Fsp3) is 0.909. The Bertz CT molecular complexity index is 325. The van der Waals surface area contributed by atoms with Crippen molar-refractivity contribution in [3.05, 3.63) is 0 Å². The van der Waals surface area contributed by atoms with Gasteiger partial charge < -0.3 is 9.84 Å². The van der Waals surface area contributed by atoms with E-state index >= 15 is 0 Å². The largest absolute Gasteiger partial charge is 0.481 e. The Balaban J connectivity index is 3.34. The summed E-state index contributed by atoms with van der Waals surface area (Å²) in [5.74, 6) is -1.30. The SMILES string of the molecule is CCCCCCCCCCCCCCCCC[C@H](CC(=O)O)OC(C)=O. The fourth-order valence-electron chi connectivity index (χ4n) is 3.38. The van der Waals surface area contributed by atoms with Crippen molar-refractivity contribution in [1.82, 2.24) is 0 Å². The maximum Gasteiger partial charge on any atom is 0.307 e. The summed E-state index contributed by atoms with van der Waals surface area (Å²) < 4.78 is 5.06. The summed E-state index contributed by atoms with van der Waals surface area (Å²) in [6.07, 6.45) is 19.7. The normalized spacial score (nSPS) is 12.1. The molecule has 0 fully saturated rings. The van der Waals surface area contributed by atoms with Crippen LogP contribution in [0.5, 0.6) is 0 Å². The van der Waals surface area contributed by atoms with Crippen molar-refractivity contribution >= 4 is 11.9 Å². The second-order valence-corrected chi connectivity index (χ2v) is 7.57. The molecule has 0 heterocycles. The van der Waals surface area contributed by atoms with E-state index in [0.29, 0.717) is 6.42 Å². The molecule has 0 aliphatic heterocycles. The zero-order chi connectivity index (χ0) is 19.5. The molecule has 4 nitrogen and oxygen atoms in total. The minimum absolute atomic E-state index is 0.0851. The predicted molar refractivity (Wildman–Crippen MR) is 107 cm³/mol. The first-order valence-electron chi connectivity index (χ1n) is 10.9. The molecule has 0 spiro atoms. The number of hydrogen-bond acceptors (Lipinski definition) is 3. The van der Waals surface area contributed by atoms with Gasteiger partial charge >= 0.3 is 11.9 Å². The number of carboxylic acid groups (broad SMARTS) is 1. The number of rotatable bonds is 19. The molecule has 154 valence electrons. The van der Waals surface area contributed by atoms with Crippen molar-refractivity contribution in [2.45, 2.75) is 129 Å². The highest BCUT2D eigenvalue weighted by molar-refractivity contribution is 5.69. The van der Waals surface area contributed by atoms with Crippen molar-refractivity contribution in [3.63, 3.8) is 0 Å². The first-order chi connectivity index (χ1) is 12.6. The molecule has 0 saturated carbocycles. The lowest BCUT2D eigenvalue weighted by molar-refractivity contribution is -0.151. The molecule has 4 heteroatoms. The van der Waals surface area contributed by atoms with Crippen molar-refractivity contribution in [3.8, 4) is 0 Å². The van der Waals surface area contributed by atoms with E-state index in [4.69, 9.17) is 9.84 Å². The van der Waals surface area contributed by atoms with Crippen molar-refractivity contribution in [2.24, 2.45) is 0 Å². The topological polar surface area (TPSA) is 63.6 Å². The number of carbonyl (C=O) groups excluding carboxylic acids is 1. The predicted octanol–water partition coefficient (Wildman–Crippen LogP) is 6.65. The Morgan fingerprint density at radius 2 is 1.12 bits per heavy atom. The third-order valence-electron chi connectivity index (χ3n) is 4.86. The lowest BCUT2D eigenvalue weighted by atomic mass is 10.0. The number of carbonyl (C=O) groups is 2. The average molecular weight is 371 g/mol. The van der Waals surface area contributed by atoms with E-state index in [2.05, 4.69) is 6.92 Å². The lowest BCUT2D eigenvalue weighted by Gasteiger charge is -2.14. The third kappa shape index (κ3) is 19.3. The van der Waals surface area contributed by atoms with Gasteiger partial charge in [0.25, 0.3) is 0 Å². The first kappa shape index (κ1) is 24.9. The molecular formula is C22H42O4. The molecule has 26 heavy (non-hydrogen) atoms. The van der Waals surface area contributed by atoms with Crippen LogP contribution in [0.15, 0.2) is 0 Å². The van der Waals surface area contributed by atoms with Crippen LogP contribution in [0.1, 0.15) is 123 Å². The summed E-state index contributed by atoms with van der Waals surface area (Å²) >= 11 is 0. The smallest absolute Gasteiger partial charge is 0.307 e. The van der Waals surface area contributed by atoms with Gasteiger partial charge in [-0.25, -0.2) is 0 Å². The van der Waals surface area contributed by atoms with E-state index in [1.165, 1.54) is 90.4 Å². The fourth-order valence-corrected chi connectivity index (χ4v) is 3.38. The molecule has 1 N–H and O–H groups in total. The number of ether oxygens (including phenoxy) is 1. The zero-order valence-electron chi connectivity index (χ0n) is 17.3. The maximum absolute atomic E-state index is 11.0. The van der Waals surface area contributed by atoms with Gasteiger partial charge in [-0.15, -0.1) is 0 Å². The molecule has 0 aliphatic rings. The summed E-state index contributed by atoms with van der Waals surface area (Å²) in [5, 5.41) is 8.83. The number of esters is 1. The van der Waals surface area contributed by atoms with Gasteiger partial charge in [-0.05, 0) is 12.8 Å². The Hall–Kier alpha value is -1.06. The van der Waals surface area contributed by atoms with E-state index in [-0.39, 0.29) is 6.42 Å². The average Bonchev–Trinajstić information content (AvgIpc) is 2.57. The molecule has 0 amide bonds. The van der Waals surface area contributed by atoms with E-state index in [9.17, 15) is 9.59 Å². The summed E-state index contributed by atoms with van der Waals surface area (Å²) in [6, 6.07) is 0. The second-order valence-electron chi connectivity index (χ2n) is 7.57. The van der Waals surface area contributed by atoms with E-state index in [1.807, 2.05) is 0 Å². The molecule has 0 aromatic heterocycles. The molecule has 0 bridgehead atoms. The molecule has 0 aromatic rings. The van der Waals surface area contributed by atoms with Crippen LogP contribution in [0, 0.1) is 0 Å². The standard InChI is InChI=1S/C22H42O4/c1-3-4-5-6-7-8-9-10-11-12-13-14-15-16-17-18-21(19-22(24)25)26-20(2)23/h21H,3-19H2,1-2H3,(H,24,25)/t21-/m1/s1. The molecular weight excluding hydrogens is 328 g/mol. The van der Waals surface area contributed by atoms with Gasteiger partial charge in [0.15, 0.2) is 0 Å². The minimum atomic E-state index is -0.905. The van der Waals surface area contributed by atoms with E-state index in [1.54, 1.807) is 0 Å². The Labute approximate surface area is 161 Å². The molecule has 0 aliphatic carbocycles. The zero-order valence-corrected chi connectivity index (χ0v) is 17.3. The van der Waals surface area contributed by atoms with Crippen LogP contribution in [-0.2, 0) is 14.3 Å². The summed E-state index contributed by atoms with van der Waals surface area (Å²) in [4.78, 5) is 21.7. The first-order valence-corrected chi connectivity index (χ1v) is 10.9. The molecule has 1 atom stereocenters. The van der Waals surface area contributed by atoms with Crippen molar-refractivity contribution in [1.29, 1.82) is 0 Å². The van der Waals surface area contributed by atoms with E-state index < -0.39 is 18.0 Å². The highest BCUT2D eigenvalue weighted by Crippen LogP contribution is 2.15.